The minimum Gasteiger partial charge on any atom is -0.456 e. The van der Waals surface area contributed by atoms with Crippen LogP contribution in [0.4, 0.5) is 17.1 Å². The second kappa shape index (κ2) is 14.8. The van der Waals surface area contributed by atoms with Gasteiger partial charge in [-0.1, -0.05) is 176 Å². The number of anilines is 3. The fraction of sp³-hybridized carbons (Fsp3) is 0. The first-order valence-corrected chi connectivity index (χ1v) is 21.2. The molecule has 0 radical (unpaired) electrons. The first-order chi connectivity index (χ1) is 30.7. The second-order valence-electron chi connectivity index (χ2n) is 16.0. The molecular formula is C60H39NO. The fourth-order valence-electron chi connectivity index (χ4n) is 9.58. The summed E-state index contributed by atoms with van der Waals surface area (Å²) >= 11 is 0. The molecule has 0 saturated heterocycles. The van der Waals surface area contributed by atoms with E-state index in [1.165, 1.54) is 65.5 Å². The normalized spacial score (nSPS) is 11.5. The Labute approximate surface area is 360 Å². The van der Waals surface area contributed by atoms with Gasteiger partial charge in [0.25, 0.3) is 0 Å². The highest BCUT2D eigenvalue weighted by Gasteiger charge is 2.20. The van der Waals surface area contributed by atoms with E-state index in [0.717, 1.165) is 50.3 Å². The average Bonchev–Trinajstić information content (AvgIpc) is 3.74. The summed E-state index contributed by atoms with van der Waals surface area (Å²) in [5.41, 5.74) is 14.5. The molecule has 0 fully saturated rings. The monoisotopic (exact) mass is 789 g/mol. The van der Waals surface area contributed by atoms with Crippen LogP contribution in [-0.4, -0.2) is 0 Å². The molecule has 0 bridgehead atoms. The van der Waals surface area contributed by atoms with Gasteiger partial charge in [0.1, 0.15) is 11.2 Å². The highest BCUT2D eigenvalue weighted by atomic mass is 16.3. The lowest BCUT2D eigenvalue weighted by atomic mass is 9.88. The SMILES string of the molecule is c1ccc(-c2ccc(N(c3cc(-c4ccccc4)cc(-c4ccccc4)c3)c3cccc(-c4cccc5c6ccc7oc8ccccc8c7c6c6ccccc6c45)c3)cc2)cc1. The molecule has 0 N–H and O–H groups in total. The van der Waals surface area contributed by atoms with E-state index in [0.29, 0.717) is 0 Å². The van der Waals surface area contributed by atoms with Crippen molar-refractivity contribution in [3.05, 3.63) is 237 Å². The van der Waals surface area contributed by atoms with Crippen molar-refractivity contribution in [3.63, 3.8) is 0 Å². The number of fused-ring (bicyclic) bond motifs is 10. The summed E-state index contributed by atoms with van der Waals surface area (Å²) in [5.74, 6) is 0. The molecular weight excluding hydrogens is 751 g/mol. The molecule has 1 heterocycles. The van der Waals surface area contributed by atoms with Crippen molar-refractivity contribution in [1.82, 2.24) is 0 Å². The van der Waals surface area contributed by atoms with E-state index in [-0.39, 0.29) is 0 Å². The third-order valence-electron chi connectivity index (χ3n) is 12.4. The summed E-state index contributed by atoms with van der Waals surface area (Å²) < 4.78 is 6.41. The summed E-state index contributed by atoms with van der Waals surface area (Å²) in [7, 11) is 0. The molecule has 0 atom stereocenters. The number of nitrogens with zero attached hydrogens (tertiary/aromatic N) is 1. The topological polar surface area (TPSA) is 16.4 Å². The Balaban J connectivity index is 1.09. The highest BCUT2D eigenvalue weighted by Crippen LogP contribution is 2.46. The molecule has 0 saturated carbocycles. The van der Waals surface area contributed by atoms with E-state index in [1.54, 1.807) is 0 Å². The maximum atomic E-state index is 6.41. The Morgan fingerprint density at radius 3 is 1.39 bits per heavy atom. The van der Waals surface area contributed by atoms with Gasteiger partial charge >= 0.3 is 0 Å². The van der Waals surface area contributed by atoms with Gasteiger partial charge in [-0.2, -0.15) is 0 Å². The van der Waals surface area contributed by atoms with Crippen molar-refractivity contribution in [1.29, 1.82) is 0 Å². The molecule has 2 nitrogen and oxygen atoms in total. The van der Waals surface area contributed by atoms with Gasteiger partial charge in [-0.3, -0.25) is 0 Å². The Bertz CT molecular complexity index is 3520. The molecule has 12 aromatic rings. The lowest BCUT2D eigenvalue weighted by molar-refractivity contribution is 0.669. The van der Waals surface area contributed by atoms with Crippen molar-refractivity contribution in [3.8, 4) is 44.5 Å². The molecule has 62 heavy (non-hydrogen) atoms. The van der Waals surface area contributed by atoms with Crippen LogP contribution in [0, 0.1) is 0 Å². The number of hydrogen-bond acceptors (Lipinski definition) is 2. The summed E-state index contributed by atoms with van der Waals surface area (Å²) in [6, 6.07) is 85.5. The van der Waals surface area contributed by atoms with E-state index in [9.17, 15) is 0 Å². The summed E-state index contributed by atoms with van der Waals surface area (Å²) in [5, 5.41) is 9.70. The van der Waals surface area contributed by atoms with Crippen LogP contribution in [0.1, 0.15) is 0 Å². The van der Waals surface area contributed by atoms with Gasteiger partial charge in [-0.05, 0) is 132 Å². The third kappa shape index (κ3) is 6.04. The predicted octanol–water partition coefficient (Wildman–Crippen LogP) is 17.2. The van der Waals surface area contributed by atoms with Gasteiger partial charge in [0.15, 0.2) is 0 Å². The zero-order chi connectivity index (χ0) is 41.0. The number of rotatable bonds is 7. The van der Waals surface area contributed by atoms with Gasteiger partial charge in [0.2, 0.25) is 0 Å². The molecule has 11 aromatic carbocycles. The molecule has 0 spiro atoms. The summed E-state index contributed by atoms with van der Waals surface area (Å²) in [4.78, 5) is 2.41. The lowest BCUT2D eigenvalue weighted by Gasteiger charge is -2.28. The van der Waals surface area contributed by atoms with E-state index in [1.807, 2.05) is 6.07 Å². The predicted molar refractivity (Wildman–Crippen MR) is 263 cm³/mol. The zero-order valence-electron chi connectivity index (χ0n) is 33.9. The number of hydrogen-bond donors (Lipinski definition) is 0. The first kappa shape index (κ1) is 35.7. The van der Waals surface area contributed by atoms with Gasteiger partial charge < -0.3 is 9.32 Å². The first-order valence-electron chi connectivity index (χ1n) is 21.2. The third-order valence-corrected chi connectivity index (χ3v) is 12.4. The molecule has 1 aromatic heterocycles. The Kier molecular flexibility index (Phi) is 8.53. The van der Waals surface area contributed by atoms with Crippen molar-refractivity contribution in [2.75, 3.05) is 4.90 Å². The van der Waals surface area contributed by atoms with Crippen LogP contribution >= 0.6 is 0 Å². The highest BCUT2D eigenvalue weighted by molar-refractivity contribution is 6.36. The Hall–Kier alpha value is -8.20. The standard InChI is InChI=1S/C60H39NO/c1-4-16-40(17-5-1)43-30-32-47(33-31-43)61(49-38-45(41-18-6-2-7-19-41)36-46(39-49)42-20-8-3-9-21-42)48-23-14-22-44(37-48)50-27-15-28-52-54-34-35-57-60(55-26-12-13-29-56(55)62-57)59(54)53-25-11-10-24-51(53)58(50)52/h1-39H. The van der Waals surface area contributed by atoms with Crippen LogP contribution in [0.3, 0.4) is 0 Å². The quantitative estimate of drug-likeness (QED) is 0.150. The largest absolute Gasteiger partial charge is 0.456 e. The molecule has 0 aliphatic heterocycles. The van der Waals surface area contributed by atoms with Gasteiger partial charge in [-0.15, -0.1) is 0 Å². The van der Waals surface area contributed by atoms with Gasteiger partial charge in [0, 0.05) is 33.2 Å². The van der Waals surface area contributed by atoms with Crippen LogP contribution in [-0.2, 0) is 0 Å². The maximum absolute atomic E-state index is 6.41. The maximum Gasteiger partial charge on any atom is 0.136 e. The van der Waals surface area contributed by atoms with Crippen molar-refractivity contribution in [2.24, 2.45) is 0 Å². The minimum absolute atomic E-state index is 0.911. The molecule has 0 aliphatic rings. The number of para-hydroxylation sites is 1. The second-order valence-corrected chi connectivity index (χ2v) is 16.0. The smallest absolute Gasteiger partial charge is 0.136 e. The molecule has 2 heteroatoms. The molecule has 0 aliphatic carbocycles. The fourth-order valence-corrected chi connectivity index (χ4v) is 9.58. The lowest BCUT2D eigenvalue weighted by Crippen LogP contribution is -2.10. The van der Waals surface area contributed by atoms with E-state index < -0.39 is 0 Å². The van der Waals surface area contributed by atoms with E-state index in [4.69, 9.17) is 4.42 Å². The van der Waals surface area contributed by atoms with Crippen LogP contribution in [0.5, 0.6) is 0 Å². The van der Waals surface area contributed by atoms with Crippen molar-refractivity contribution in [2.45, 2.75) is 0 Å². The van der Waals surface area contributed by atoms with Crippen molar-refractivity contribution >= 4 is 71.3 Å². The summed E-state index contributed by atoms with van der Waals surface area (Å²) in [6.45, 7) is 0. The molecule has 0 unspecified atom stereocenters. The Morgan fingerprint density at radius 1 is 0.242 bits per heavy atom. The summed E-state index contributed by atoms with van der Waals surface area (Å²) in [6.07, 6.45) is 0. The number of furan rings is 1. The van der Waals surface area contributed by atoms with E-state index >= 15 is 0 Å². The average molecular weight is 790 g/mol. The molecule has 290 valence electrons. The molecule has 12 rings (SSSR count). The minimum atomic E-state index is 0.911. The molecule has 0 amide bonds. The van der Waals surface area contributed by atoms with Gasteiger partial charge in [-0.25, -0.2) is 0 Å². The van der Waals surface area contributed by atoms with Crippen LogP contribution in [0.2, 0.25) is 0 Å². The van der Waals surface area contributed by atoms with E-state index in [2.05, 4.69) is 235 Å². The van der Waals surface area contributed by atoms with Crippen LogP contribution < -0.4 is 4.90 Å². The van der Waals surface area contributed by atoms with Crippen molar-refractivity contribution < 1.29 is 4.42 Å². The van der Waals surface area contributed by atoms with Crippen LogP contribution in [0.25, 0.3) is 98.8 Å². The number of benzene rings is 11. The zero-order valence-corrected chi connectivity index (χ0v) is 33.9. The Morgan fingerprint density at radius 2 is 0.726 bits per heavy atom. The van der Waals surface area contributed by atoms with Gasteiger partial charge in [0.05, 0.1) is 0 Å². The van der Waals surface area contributed by atoms with Crippen LogP contribution in [0.15, 0.2) is 241 Å².